The molecular weight excluding hydrogens is 401 g/mol. The van der Waals surface area contributed by atoms with Gasteiger partial charge in [0.15, 0.2) is 23.2 Å². The van der Waals surface area contributed by atoms with Gasteiger partial charge in [0, 0.05) is 5.56 Å². The predicted octanol–water partition coefficient (Wildman–Crippen LogP) is 6.71. The van der Waals surface area contributed by atoms with Gasteiger partial charge in [-0.2, -0.15) is 0 Å². The highest BCUT2D eigenvalue weighted by molar-refractivity contribution is 5.65. The van der Waals surface area contributed by atoms with E-state index in [9.17, 15) is 13.2 Å². The lowest BCUT2D eigenvalue weighted by atomic mass is 9.76. The van der Waals surface area contributed by atoms with Crippen molar-refractivity contribution < 1.29 is 23.0 Å². The van der Waals surface area contributed by atoms with Gasteiger partial charge in [-0.1, -0.05) is 42.5 Å². The van der Waals surface area contributed by atoms with Gasteiger partial charge in [0.2, 0.25) is 0 Å². The summed E-state index contributed by atoms with van der Waals surface area (Å²) in [5.74, 6) is -1.64. The number of methoxy groups -OCH3 is 1. The van der Waals surface area contributed by atoms with Gasteiger partial charge in [0.25, 0.3) is 0 Å². The van der Waals surface area contributed by atoms with Crippen molar-refractivity contribution in [3.05, 3.63) is 88.7 Å². The molecule has 2 nitrogen and oxygen atoms in total. The Morgan fingerprint density at radius 2 is 1.52 bits per heavy atom. The molecule has 0 spiro atoms. The van der Waals surface area contributed by atoms with Crippen molar-refractivity contribution in [2.45, 2.75) is 44.1 Å². The van der Waals surface area contributed by atoms with E-state index in [-0.39, 0.29) is 35.6 Å². The van der Waals surface area contributed by atoms with E-state index in [0.717, 1.165) is 36.8 Å². The minimum absolute atomic E-state index is 0.0559. The van der Waals surface area contributed by atoms with Crippen molar-refractivity contribution in [3.63, 3.8) is 0 Å². The van der Waals surface area contributed by atoms with Crippen LogP contribution in [0.25, 0.3) is 11.1 Å². The van der Waals surface area contributed by atoms with Gasteiger partial charge in [0.05, 0.1) is 13.7 Å². The number of benzene rings is 3. The molecule has 0 saturated heterocycles. The molecule has 1 saturated carbocycles. The van der Waals surface area contributed by atoms with Crippen LogP contribution in [0.1, 0.15) is 54.2 Å². The van der Waals surface area contributed by atoms with Gasteiger partial charge >= 0.3 is 0 Å². The molecule has 5 heteroatoms. The minimum atomic E-state index is -0.839. The maximum atomic E-state index is 15.0. The number of hydrogen-bond donors (Lipinski definition) is 1. The highest BCUT2D eigenvalue weighted by atomic mass is 19.2. The van der Waals surface area contributed by atoms with E-state index in [1.54, 1.807) is 42.5 Å². The van der Waals surface area contributed by atoms with E-state index in [4.69, 9.17) is 9.84 Å². The zero-order chi connectivity index (χ0) is 22.0. The molecule has 1 N–H and O–H groups in total. The fourth-order valence-electron chi connectivity index (χ4n) is 4.57. The van der Waals surface area contributed by atoms with Gasteiger partial charge in [-0.15, -0.1) is 0 Å². The van der Waals surface area contributed by atoms with Crippen LogP contribution in [0.4, 0.5) is 13.2 Å². The smallest absolute Gasteiger partial charge is 0.166 e. The molecule has 1 fully saturated rings. The van der Waals surface area contributed by atoms with Gasteiger partial charge in [-0.25, -0.2) is 13.2 Å². The van der Waals surface area contributed by atoms with Crippen molar-refractivity contribution in [2.24, 2.45) is 0 Å². The molecule has 0 unspecified atom stereocenters. The zero-order valence-corrected chi connectivity index (χ0v) is 17.4. The number of halogens is 3. The lowest BCUT2D eigenvalue weighted by Crippen LogP contribution is -2.14. The standard InChI is InChI=1S/C26H25F3O2/c1-31-24-13-10-20(14-23(24)27)17-6-8-19(9-7-17)22-12-11-21(25(28)26(22)29)18-4-2-16(15-30)3-5-18/h2-5,10-14,17,19,30H,6-9,15H2,1H3. The quantitative estimate of drug-likeness (QED) is 0.491. The molecule has 0 bridgehead atoms. The number of ether oxygens (including phenoxy) is 1. The molecule has 0 amide bonds. The Bertz CT molecular complexity index is 1050. The first kappa shape index (κ1) is 21.4. The second-order valence-electron chi connectivity index (χ2n) is 8.13. The Kier molecular flexibility index (Phi) is 6.33. The molecule has 0 atom stereocenters. The van der Waals surface area contributed by atoms with Crippen LogP contribution in [0.15, 0.2) is 54.6 Å². The molecule has 4 rings (SSSR count). The minimum Gasteiger partial charge on any atom is -0.494 e. The third-order valence-electron chi connectivity index (χ3n) is 6.37. The molecule has 1 aliphatic rings. The van der Waals surface area contributed by atoms with Crippen LogP contribution in [-0.2, 0) is 6.61 Å². The van der Waals surface area contributed by atoms with Crippen molar-refractivity contribution in [3.8, 4) is 16.9 Å². The first-order valence-corrected chi connectivity index (χ1v) is 10.5. The Morgan fingerprint density at radius 1 is 0.839 bits per heavy atom. The maximum absolute atomic E-state index is 15.0. The number of hydrogen-bond acceptors (Lipinski definition) is 2. The monoisotopic (exact) mass is 426 g/mol. The summed E-state index contributed by atoms with van der Waals surface area (Å²) in [6, 6.07) is 15.1. The van der Waals surface area contributed by atoms with Crippen LogP contribution >= 0.6 is 0 Å². The van der Waals surface area contributed by atoms with Gasteiger partial charge in [0.1, 0.15) is 0 Å². The molecular formula is C26H25F3O2. The Hall–Kier alpha value is -2.79. The van der Waals surface area contributed by atoms with Crippen molar-refractivity contribution >= 4 is 0 Å². The fraction of sp³-hybridized carbons (Fsp3) is 0.308. The summed E-state index contributed by atoms with van der Waals surface area (Å²) < 4.78 is 48.8. The second kappa shape index (κ2) is 9.15. The lowest BCUT2D eigenvalue weighted by Gasteiger charge is -2.29. The largest absolute Gasteiger partial charge is 0.494 e. The maximum Gasteiger partial charge on any atom is 0.166 e. The van der Waals surface area contributed by atoms with Crippen molar-refractivity contribution in [2.75, 3.05) is 7.11 Å². The third-order valence-corrected chi connectivity index (χ3v) is 6.37. The molecule has 0 aliphatic heterocycles. The molecule has 162 valence electrons. The number of rotatable bonds is 5. The van der Waals surface area contributed by atoms with Crippen LogP contribution in [0, 0.1) is 17.5 Å². The molecule has 3 aromatic rings. The zero-order valence-electron chi connectivity index (χ0n) is 17.4. The predicted molar refractivity (Wildman–Crippen MR) is 115 cm³/mol. The van der Waals surface area contributed by atoms with E-state index in [1.807, 2.05) is 6.07 Å². The van der Waals surface area contributed by atoms with E-state index >= 15 is 0 Å². The average molecular weight is 426 g/mol. The molecule has 1 aliphatic carbocycles. The molecule has 31 heavy (non-hydrogen) atoms. The van der Waals surface area contributed by atoms with Gasteiger partial charge < -0.3 is 9.84 Å². The van der Waals surface area contributed by atoms with E-state index in [2.05, 4.69) is 0 Å². The number of aliphatic hydroxyl groups excluding tert-OH is 1. The van der Waals surface area contributed by atoms with E-state index in [1.165, 1.54) is 13.2 Å². The van der Waals surface area contributed by atoms with Crippen LogP contribution in [-0.4, -0.2) is 12.2 Å². The number of aliphatic hydroxyl groups is 1. The summed E-state index contributed by atoms with van der Waals surface area (Å²) in [6.07, 6.45) is 3.03. The molecule has 3 aromatic carbocycles. The van der Waals surface area contributed by atoms with E-state index in [0.29, 0.717) is 11.1 Å². The highest BCUT2D eigenvalue weighted by Crippen LogP contribution is 2.42. The molecule has 0 heterocycles. The summed E-state index contributed by atoms with van der Waals surface area (Å²) >= 11 is 0. The first-order valence-electron chi connectivity index (χ1n) is 10.5. The summed E-state index contributed by atoms with van der Waals surface area (Å²) in [4.78, 5) is 0. The fourth-order valence-corrected chi connectivity index (χ4v) is 4.57. The summed E-state index contributed by atoms with van der Waals surface area (Å²) in [7, 11) is 1.44. The van der Waals surface area contributed by atoms with Gasteiger partial charge in [-0.3, -0.25) is 0 Å². The topological polar surface area (TPSA) is 29.5 Å². The second-order valence-corrected chi connectivity index (χ2v) is 8.13. The summed E-state index contributed by atoms with van der Waals surface area (Å²) in [6.45, 7) is -0.0953. The van der Waals surface area contributed by atoms with Crippen LogP contribution in [0.3, 0.4) is 0 Å². The van der Waals surface area contributed by atoms with Crippen LogP contribution in [0.2, 0.25) is 0 Å². The highest BCUT2D eigenvalue weighted by Gasteiger charge is 2.27. The van der Waals surface area contributed by atoms with Crippen molar-refractivity contribution in [1.29, 1.82) is 0 Å². The lowest BCUT2D eigenvalue weighted by molar-refractivity contribution is 0.282. The van der Waals surface area contributed by atoms with Crippen molar-refractivity contribution in [1.82, 2.24) is 0 Å². The van der Waals surface area contributed by atoms with E-state index < -0.39 is 11.6 Å². The molecule has 0 aromatic heterocycles. The summed E-state index contributed by atoms with van der Waals surface area (Å²) in [5.41, 5.74) is 2.84. The molecule has 0 radical (unpaired) electrons. The first-order chi connectivity index (χ1) is 15.0. The Labute approximate surface area is 180 Å². The van der Waals surface area contributed by atoms with Gasteiger partial charge in [-0.05, 0) is 71.9 Å². The third kappa shape index (κ3) is 4.33. The summed E-state index contributed by atoms with van der Waals surface area (Å²) in [5, 5.41) is 9.15. The average Bonchev–Trinajstić information content (AvgIpc) is 2.81. The SMILES string of the molecule is COc1ccc(C2CCC(c3ccc(-c4ccc(CO)cc4)c(F)c3F)CC2)cc1F. The Morgan fingerprint density at radius 3 is 2.13 bits per heavy atom. The normalized spacial score (nSPS) is 18.7. The van der Waals surface area contributed by atoms with Crippen LogP contribution < -0.4 is 4.74 Å². The Balaban J connectivity index is 1.49. The van der Waals surface area contributed by atoms with Crippen LogP contribution in [0.5, 0.6) is 5.75 Å².